The highest BCUT2D eigenvalue weighted by Crippen LogP contribution is 2.25. The average Bonchev–Trinajstić information content (AvgIpc) is 2.75. The van der Waals surface area contributed by atoms with E-state index in [0.717, 1.165) is 24.0 Å². The first-order chi connectivity index (χ1) is 8.57. The van der Waals surface area contributed by atoms with Crippen LogP contribution in [0.3, 0.4) is 0 Å². The fourth-order valence-electron chi connectivity index (χ4n) is 2.71. The van der Waals surface area contributed by atoms with Gasteiger partial charge in [-0.2, -0.15) is 0 Å². The number of rotatable bonds is 5. The van der Waals surface area contributed by atoms with Gasteiger partial charge in [0.25, 0.3) is 0 Å². The van der Waals surface area contributed by atoms with Crippen LogP contribution in [0.25, 0.3) is 0 Å². The monoisotopic (exact) mass is 346 g/mol. The Balaban J connectivity index is 0.00000180. The van der Waals surface area contributed by atoms with Crippen molar-refractivity contribution in [3.05, 3.63) is 34.3 Å². The van der Waals surface area contributed by atoms with Gasteiger partial charge in [-0.1, -0.05) is 35.0 Å². The zero-order valence-corrected chi connectivity index (χ0v) is 14.2. The number of nitrogens with zero attached hydrogens (tertiary/aromatic N) is 1. The van der Waals surface area contributed by atoms with Gasteiger partial charge in [0.2, 0.25) is 0 Å². The summed E-state index contributed by atoms with van der Waals surface area (Å²) in [5.74, 6) is 0. The van der Waals surface area contributed by atoms with Crippen LogP contribution < -0.4 is 5.32 Å². The first kappa shape index (κ1) is 17.0. The fraction of sp³-hybridized carbons (Fsp3) is 0.600. The van der Waals surface area contributed by atoms with Gasteiger partial charge in [-0.05, 0) is 49.5 Å². The van der Waals surface area contributed by atoms with E-state index in [1.807, 2.05) is 0 Å². The quantitative estimate of drug-likeness (QED) is 0.879. The largest absolute Gasteiger partial charge is 0.316 e. The number of hydrogen-bond donors (Lipinski definition) is 1. The molecule has 2 rings (SSSR count). The first-order valence-electron chi connectivity index (χ1n) is 6.71. The lowest BCUT2D eigenvalue weighted by molar-refractivity contribution is 0.211. The molecule has 0 aliphatic carbocycles. The summed E-state index contributed by atoms with van der Waals surface area (Å²) in [6.07, 6.45) is 2.43. The number of nitrogens with one attached hydrogen (secondary N) is 1. The Morgan fingerprint density at radius 2 is 2.00 bits per heavy atom. The number of likely N-dealkylation sites (N-methyl/N-ethyl adjacent to an activating group) is 1. The van der Waals surface area contributed by atoms with Crippen molar-refractivity contribution < 1.29 is 0 Å². The van der Waals surface area contributed by atoms with E-state index in [9.17, 15) is 0 Å². The van der Waals surface area contributed by atoms with Crippen molar-refractivity contribution in [1.82, 2.24) is 10.2 Å². The van der Waals surface area contributed by atoms with E-state index >= 15 is 0 Å². The van der Waals surface area contributed by atoms with Crippen LogP contribution in [0, 0.1) is 5.41 Å². The Hall–Kier alpha value is -0.0900. The zero-order chi connectivity index (χ0) is 13.0. The predicted molar refractivity (Wildman–Crippen MR) is 88.2 cm³/mol. The molecule has 1 fully saturated rings. The van der Waals surface area contributed by atoms with E-state index in [-0.39, 0.29) is 12.4 Å². The van der Waals surface area contributed by atoms with Gasteiger partial charge in [-0.15, -0.1) is 12.4 Å². The minimum absolute atomic E-state index is 0. The molecule has 1 heterocycles. The topological polar surface area (TPSA) is 15.3 Å². The van der Waals surface area contributed by atoms with Gasteiger partial charge >= 0.3 is 0 Å². The third-order valence-electron chi connectivity index (χ3n) is 3.80. The summed E-state index contributed by atoms with van der Waals surface area (Å²) in [7, 11) is 2.24. The van der Waals surface area contributed by atoms with Crippen LogP contribution in [0.4, 0.5) is 0 Å². The molecule has 19 heavy (non-hydrogen) atoms. The van der Waals surface area contributed by atoms with Crippen molar-refractivity contribution in [3.8, 4) is 0 Å². The lowest BCUT2D eigenvalue weighted by atomic mass is 9.89. The predicted octanol–water partition coefficient (Wildman–Crippen LogP) is 3.34. The van der Waals surface area contributed by atoms with Gasteiger partial charge in [-0.3, -0.25) is 0 Å². The molecule has 108 valence electrons. The van der Waals surface area contributed by atoms with E-state index in [2.05, 4.69) is 64.4 Å². The highest BCUT2D eigenvalue weighted by atomic mass is 79.9. The second-order valence-electron chi connectivity index (χ2n) is 5.85. The maximum absolute atomic E-state index is 3.47. The molecule has 1 saturated heterocycles. The fourth-order valence-corrected chi connectivity index (χ4v) is 2.97. The number of benzene rings is 1. The smallest absolute Gasteiger partial charge is 0.0175 e. The zero-order valence-electron chi connectivity index (χ0n) is 11.8. The van der Waals surface area contributed by atoms with E-state index in [1.54, 1.807) is 0 Å². The molecule has 1 atom stereocenters. The van der Waals surface area contributed by atoms with Crippen molar-refractivity contribution in [3.63, 3.8) is 0 Å². The second kappa shape index (κ2) is 7.63. The molecule has 1 N–H and O–H groups in total. The van der Waals surface area contributed by atoms with Crippen LogP contribution >= 0.6 is 28.3 Å². The van der Waals surface area contributed by atoms with E-state index < -0.39 is 0 Å². The highest BCUT2D eigenvalue weighted by molar-refractivity contribution is 9.10. The standard InChI is InChI=1S/C15H23BrN2.ClH/c1-15(8-9-17-11-15)12-18(2)10-7-13-3-5-14(16)6-4-13;/h3-6,17H,7-12H2,1-2H3;1H. The van der Waals surface area contributed by atoms with Gasteiger partial charge in [0.05, 0.1) is 0 Å². The molecule has 0 amide bonds. The summed E-state index contributed by atoms with van der Waals surface area (Å²) in [6, 6.07) is 8.66. The Morgan fingerprint density at radius 1 is 1.32 bits per heavy atom. The summed E-state index contributed by atoms with van der Waals surface area (Å²) >= 11 is 3.47. The van der Waals surface area contributed by atoms with Crippen molar-refractivity contribution in [2.75, 3.05) is 33.2 Å². The molecule has 0 aromatic heterocycles. The molecule has 0 radical (unpaired) electrons. The average molecular weight is 348 g/mol. The molecule has 0 spiro atoms. The molecular weight excluding hydrogens is 324 g/mol. The molecule has 0 bridgehead atoms. The molecule has 1 aliphatic rings. The van der Waals surface area contributed by atoms with Gasteiger partial charge < -0.3 is 10.2 Å². The van der Waals surface area contributed by atoms with Crippen LogP contribution in [0.15, 0.2) is 28.7 Å². The van der Waals surface area contributed by atoms with Gasteiger partial charge in [0.1, 0.15) is 0 Å². The second-order valence-corrected chi connectivity index (χ2v) is 6.77. The molecule has 1 unspecified atom stereocenters. The van der Waals surface area contributed by atoms with Crippen molar-refractivity contribution in [1.29, 1.82) is 0 Å². The number of halogens is 2. The van der Waals surface area contributed by atoms with Gasteiger partial charge in [0, 0.05) is 24.1 Å². The molecule has 1 aromatic rings. The highest BCUT2D eigenvalue weighted by Gasteiger charge is 2.29. The Kier molecular flexibility index (Phi) is 6.81. The molecule has 4 heteroatoms. The molecular formula is C15H24BrClN2. The maximum atomic E-state index is 3.47. The molecule has 2 nitrogen and oxygen atoms in total. The third-order valence-corrected chi connectivity index (χ3v) is 4.33. The summed E-state index contributed by atoms with van der Waals surface area (Å²) in [5.41, 5.74) is 1.88. The van der Waals surface area contributed by atoms with Crippen molar-refractivity contribution in [2.45, 2.75) is 19.8 Å². The SMILES string of the molecule is CN(CCc1ccc(Br)cc1)CC1(C)CCNC1.Cl. The maximum Gasteiger partial charge on any atom is 0.0175 e. The summed E-state index contributed by atoms with van der Waals surface area (Å²) in [4.78, 5) is 2.47. The summed E-state index contributed by atoms with van der Waals surface area (Å²) < 4.78 is 1.16. The first-order valence-corrected chi connectivity index (χ1v) is 7.50. The summed E-state index contributed by atoms with van der Waals surface area (Å²) in [6.45, 7) is 7.06. The Bertz CT molecular complexity index is 374. The molecule has 1 aliphatic heterocycles. The lowest BCUT2D eigenvalue weighted by Crippen LogP contribution is -2.36. The van der Waals surface area contributed by atoms with Crippen LogP contribution in [-0.4, -0.2) is 38.1 Å². The minimum atomic E-state index is 0. The summed E-state index contributed by atoms with van der Waals surface area (Å²) in [5, 5.41) is 3.47. The van der Waals surface area contributed by atoms with E-state index in [1.165, 1.54) is 25.1 Å². The number of hydrogen-bond acceptors (Lipinski definition) is 2. The van der Waals surface area contributed by atoms with E-state index in [0.29, 0.717) is 5.41 Å². The third kappa shape index (κ3) is 5.42. The Morgan fingerprint density at radius 3 is 2.58 bits per heavy atom. The Labute approximate surface area is 131 Å². The molecule has 1 aromatic carbocycles. The van der Waals surface area contributed by atoms with Crippen LogP contribution in [-0.2, 0) is 6.42 Å². The van der Waals surface area contributed by atoms with Crippen molar-refractivity contribution >= 4 is 28.3 Å². The van der Waals surface area contributed by atoms with Crippen LogP contribution in [0.2, 0.25) is 0 Å². The van der Waals surface area contributed by atoms with Crippen LogP contribution in [0.1, 0.15) is 18.9 Å². The minimum Gasteiger partial charge on any atom is -0.316 e. The van der Waals surface area contributed by atoms with Crippen LogP contribution in [0.5, 0.6) is 0 Å². The van der Waals surface area contributed by atoms with Gasteiger partial charge in [-0.25, -0.2) is 0 Å². The van der Waals surface area contributed by atoms with Crippen molar-refractivity contribution in [2.24, 2.45) is 5.41 Å². The van der Waals surface area contributed by atoms with E-state index in [4.69, 9.17) is 0 Å². The lowest BCUT2D eigenvalue weighted by Gasteiger charge is -2.29. The molecule has 0 saturated carbocycles. The van der Waals surface area contributed by atoms with Gasteiger partial charge in [0.15, 0.2) is 0 Å². The normalized spacial score (nSPS) is 22.5.